The van der Waals surface area contributed by atoms with E-state index in [2.05, 4.69) is 0 Å². The summed E-state index contributed by atoms with van der Waals surface area (Å²) in [6.07, 6.45) is 0. The van der Waals surface area contributed by atoms with E-state index in [-0.39, 0.29) is 0 Å². The van der Waals surface area contributed by atoms with Crippen molar-refractivity contribution in [3.05, 3.63) is 47.5 Å². The van der Waals surface area contributed by atoms with Crippen LogP contribution < -0.4 is 14.2 Å². The standard InChI is InChI=1S/C14H13ClO3/c1-16-13-8-7-10(9-14(13)17-2)18-12-6-4-3-5-11(12)15/h3-9H,1-2H3. The molecule has 4 heteroatoms. The van der Waals surface area contributed by atoms with Gasteiger partial charge in [0.25, 0.3) is 0 Å². The van der Waals surface area contributed by atoms with E-state index in [4.69, 9.17) is 25.8 Å². The Labute approximate surface area is 111 Å². The van der Waals surface area contributed by atoms with Crippen LogP contribution in [0.2, 0.25) is 5.02 Å². The molecule has 0 aromatic heterocycles. The fraction of sp³-hybridized carbons (Fsp3) is 0.143. The average molecular weight is 265 g/mol. The molecule has 3 nitrogen and oxygen atoms in total. The number of rotatable bonds is 4. The molecular formula is C14H13ClO3. The van der Waals surface area contributed by atoms with Gasteiger partial charge in [0.15, 0.2) is 11.5 Å². The van der Waals surface area contributed by atoms with Crippen LogP contribution in [0, 0.1) is 0 Å². The number of para-hydroxylation sites is 1. The first-order chi connectivity index (χ1) is 8.74. The molecule has 0 saturated carbocycles. The number of halogens is 1. The van der Waals surface area contributed by atoms with Crippen LogP contribution in [-0.2, 0) is 0 Å². The summed E-state index contributed by atoms with van der Waals surface area (Å²) in [4.78, 5) is 0. The molecule has 94 valence electrons. The minimum atomic E-state index is 0.562. The lowest BCUT2D eigenvalue weighted by Gasteiger charge is -2.11. The van der Waals surface area contributed by atoms with Crippen LogP contribution >= 0.6 is 11.6 Å². The van der Waals surface area contributed by atoms with Gasteiger partial charge in [0.05, 0.1) is 19.2 Å². The Bertz CT molecular complexity index is 540. The number of ether oxygens (including phenoxy) is 3. The van der Waals surface area contributed by atoms with E-state index < -0.39 is 0 Å². The summed E-state index contributed by atoms with van der Waals surface area (Å²) in [5, 5.41) is 0.562. The van der Waals surface area contributed by atoms with Gasteiger partial charge in [-0.2, -0.15) is 0 Å². The maximum Gasteiger partial charge on any atom is 0.164 e. The first kappa shape index (κ1) is 12.6. The van der Waals surface area contributed by atoms with Gasteiger partial charge in [-0.3, -0.25) is 0 Å². The topological polar surface area (TPSA) is 27.7 Å². The van der Waals surface area contributed by atoms with Gasteiger partial charge >= 0.3 is 0 Å². The molecule has 0 aliphatic carbocycles. The zero-order chi connectivity index (χ0) is 13.0. The number of benzene rings is 2. The molecule has 0 saturated heterocycles. The predicted molar refractivity (Wildman–Crippen MR) is 71.1 cm³/mol. The molecule has 2 rings (SSSR count). The van der Waals surface area contributed by atoms with E-state index in [0.717, 1.165) is 0 Å². The van der Waals surface area contributed by atoms with Gasteiger partial charge in [0.1, 0.15) is 11.5 Å². The van der Waals surface area contributed by atoms with Crippen molar-refractivity contribution in [2.75, 3.05) is 14.2 Å². The van der Waals surface area contributed by atoms with E-state index in [1.54, 1.807) is 44.6 Å². The van der Waals surface area contributed by atoms with Crippen molar-refractivity contribution in [1.82, 2.24) is 0 Å². The molecule has 0 atom stereocenters. The molecule has 0 N–H and O–H groups in total. The molecule has 0 aliphatic rings. The second-order valence-corrected chi connectivity index (χ2v) is 3.96. The van der Waals surface area contributed by atoms with Crippen LogP contribution in [0.3, 0.4) is 0 Å². The third kappa shape index (κ3) is 2.68. The maximum absolute atomic E-state index is 6.03. The van der Waals surface area contributed by atoms with Gasteiger partial charge in [-0.1, -0.05) is 23.7 Å². The Morgan fingerprint density at radius 3 is 2.22 bits per heavy atom. The van der Waals surface area contributed by atoms with Crippen LogP contribution in [-0.4, -0.2) is 14.2 Å². The highest BCUT2D eigenvalue weighted by atomic mass is 35.5. The molecular weight excluding hydrogens is 252 g/mol. The zero-order valence-electron chi connectivity index (χ0n) is 10.1. The SMILES string of the molecule is COc1ccc(Oc2ccccc2Cl)cc1OC. The van der Waals surface area contributed by atoms with E-state index in [9.17, 15) is 0 Å². The van der Waals surface area contributed by atoms with E-state index in [1.807, 2.05) is 12.1 Å². The number of hydrogen-bond acceptors (Lipinski definition) is 3. The summed E-state index contributed by atoms with van der Waals surface area (Å²) in [7, 11) is 3.17. The molecule has 2 aromatic carbocycles. The van der Waals surface area contributed by atoms with Gasteiger partial charge < -0.3 is 14.2 Å². The first-order valence-electron chi connectivity index (χ1n) is 5.39. The maximum atomic E-state index is 6.03. The third-order valence-corrected chi connectivity index (χ3v) is 2.73. The minimum Gasteiger partial charge on any atom is -0.493 e. The van der Waals surface area contributed by atoms with Crippen molar-refractivity contribution in [1.29, 1.82) is 0 Å². The fourth-order valence-electron chi connectivity index (χ4n) is 1.53. The molecule has 0 aliphatic heterocycles. The lowest BCUT2D eigenvalue weighted by molar-refractivity contribution is 0.352. The van der Waals surface area contributed by atoms with Gasteiger partial charge in [0, 0.05) is 6.07 Å². The zero-order valence-corrected chi connectivity index (χ0v) is 10.9. The first-order valence-corrected chi connectivity index (χ1v) is 5.77. The Hall–Kier alpha value is -1.87. The van der Waals surface area contributed by atoms with Crippen LogP contribution in [0.1, 0.15) is 0 Å². The Morgan fingerprint density at radius 2 is 1.56 bits per heavy atom. The van der Waals surface area contributed by atoms with Crippen molar-refractivity contribution in [2.45, 2.75) is 0 Å². The molecule has 0 unspecified atom stereocenters. The highest BCUT2D eigenvalue weighted by Crippen LogP contribution is 2.34. The lowest BCUT2D eigenvalue weighted by Crippen LogP contribution is -1.91. The summed E-state index contributed by atoms with van der Waals surface area (Å²) >= 11 is 6.03. The van der Waals surface area contributed by atoms with Gasteiger partial charge in [-0.25, -0.2) is 0 Å². The van der Waals surface area contributed by atoms with Crippen molar-refractivity contribution >= 4 is 11.6 Å². The smallest absolute Gasteiger partial charge is 0.164 e. The van der Waals surface area contributed by atoms with Crippen LogP contribution in [0.25, 0.3) is 0 Å². The van der Waals surface area contributed by atoms with Crippen LogP contribution in [0.4, 0.5) is 0 Å². The van der Waals surface area contributed by atoms with E-state index >= 15 is 0 Å². The third-order valence-electron chi connectivity index (χ3n) is 2.42. The van der Waals surface area contributed by atoms with Crippen molar-refractivity contribution < 1.29 is 14.2 Å². The lowest BCUT2D eigenvalue weighted by atomic mass is 10.3. The molecule has 2 aromatic rings. The monoisotopic (exact) mass is 264 g/mol. The van der Waals surface area contributed by atoms with Crippen molar-refractivity contribution in [2.24, 2.45) is 0 Å². The second kappa shape index (κ2) is 5.65. The largest absolute Gasteiger partial charge is 0.493 e. The highest BCUT2D eigenvalue weighted by molar-refractivity contribution is 6.32. The predicted octanol–water partition coefficient (Wildman–Crippen LogP) is 4.15. The molecule has 18 heavy (non-hydrogen) atoms. The van der Waals surface area contributed by atoms with Gasteiger partial charge in [-0.05, 0) is 24.3 Å². The fourth-order valence-corrected chi connectivity index (χ4v) is 1.71. The van der Waals surface area contributed by atoms with Crippen LogP contribution in [0.5, 0.6) is 23.0 Å². The average Bonchev–Trinajstić information content (AvgIpc) is 2.41. The number of methoxy groups -OCH3 is 2. The van der Waals surface area contributed by atoms with E-state index in [1.165, 1.54) is 0 Å². The summed E-state index contributed by atoms with van der Waals surface area (Å²) in [5.41, 5.74) is 0. The van der Waals surface area contributed by atoms with Crippen molar-refractivity contribution in [3.8, 4) is 23.0 Å². The van der Waals surface area contributed by atoms with Gasteiger partial charge in [-0.15, -0.1) is 0 Å². The Morgan fingerprint density at radius 1 is 0.833 bits per heavy atom. The summed E-state index contributed by atoms with van der Waals surface area (Å²) in [6, 6.07) is 12.6. The number of hydrogen-bond donors (Lipinski definition) is 0. The quantitative estimate of drug-likeness (QED) is 0.830. The van der Waals surface area contributed by atoms with Crippen molar-refractivity contribution in [3.63, 3.8) is 0 Å². The van der Waals surface area contributed by atoms with E-state index in [0.29, 0.717) is 28.0 Å². The molecule has 0 radical (unpaired) electrons. The Balaban J connectivity index is 2.27. The molecule has 0 bridgehead atoms. The summed E-state index contributed by atoms with van der Waals surface area (Å²) < 4.78 is 16.0. The highest BCUT2D eigenvalue weighted by Gasteiger charge is 2.07. The molecule has 0 spiro atoms. The Kier molecular flexibility index (Phi) is 3.95. The molecule has 0 fully saturated rings. The summed E-state index contributed by atoms with van der Waals surface area (Å²) in [6.45, 7) is 0. The normalized spacial score (nSPS) is 9.94. The van der Waals surface area contributed by atoms with Crippen LogP contribution in [0.15, 0.2) is 42.5 Å². The second-order valence-electron chi connectivity index (χ2n) is 3.55. The summed E-state index contributed by atoms with van der Waals surface area (Å²) in [5.74, 6) is 2.51. The minimum absolute atomic E-state index is 0.562. The van der Waals surface area contributed by atoms with Gasteiger partial charge in [0.2, 0.25) is 0 Å². The molecule has 0 amide bonds. The molecule has 0 heterocycles.